The number of hydrogen-bond acceptors (Lipinski definition) is 7. The fraction of sp³-hybridized carbons (Fsp3) is 0.348. The Morgan fingerprint density at radius 1 is 1.27 bits per heavy atom. The van der Waals surface area contributed by atoms with Crippen molar-refractivity contribution < 1.29 is 29.3 Å². The maximum Gasteiger partial charge on any atom is 0.352 e. The lowest BCUT2D eigenvalue weighted by atomic mass is 9.97. The SMILES string of the molecule is COC1(NC(=O)CC2=CCC(O)=CC2)C(=O)N2C(C(=O)O)=C(CSc3ccccc3)CS[C@H]21. The number of aliphatic hydroxyl groups is 1. The number of fused-ring (bicyclic) bond motifs is 1. The van der Waals surface area contributed by atoms with Crippen molar-refractivity contribution in [2.45, 2.75) is 35.3 Å². The number of carboxylic acid groups (broad SMARTS) is 1. The molecule has 2 atom stereocenters. The van der Waals surface area contributed by atoms with Gasteiger partial charge in [0.25, 0.3) is 11.6 Å². The van der Waals surface area contributed by atoms with Crippen LogP contribution in [0.15, 0.2) is 70.0 Å². The molecule has 1 saturated heterocycles. The van der Waals surface area contributed by atoms with E-state index < -0.39 is 28.9 Å². The number of nitrogens with one attached hydrogen (secondary N) is 1. The van der Waals surface area contributed by atoms with E-state index in [1.54, 1.807) is 12.2 Å². The number of rotatable bonds is 8. The van der Waals surface area contributed by atoms with Crippen LogP contribution in [0.4, 0.5) is 0 Å². The number of aliphatic hydroxyl groups excluding tert-OH is 1. The van der Waals surface area contributed by atoms with Gasteiger partial charge < -0.3 is 20.3 Å². The Morgan fingerprint density at radius 2 is 2.03 bits per heavy atom. The summed E-state index contributed by atoms with van der Waals surface area (Å²) in [5.74, 6) is -1.04. The van der Waals surface area contributed by atoms with Crippen molar-refractivity contribution in [3.8, 4) is 0 Å². The molecule has 10 heteroatoms. The minimum atomic E-state index is -1.60. The van der Waals surface area contributed by atoms with Gasteiger partial charge in [-0.25, -0.2) is 4.79 Å². The summed E-state index contributed by atoms with van der Waals surface area (Å²) >= 11 is 2.88. The lowest BCUT2D eigenvalue weighted by Gasteiger charge is -2.55. The zero-order valence-electron chi connectivity index (χ0n) is 17.9. The van der Waals surface area contributed by atoms with Crippen molar-refractivity contribution in [3.05, 3.63) is 65.1 Å². The normalized spacial score (nSPS) is 24.5. The number of amides is 2. The highest BCUT2D eigenvalue weighted by atomic mass is 32.2. The topological polar surface area (TPSA) is 116 Å². The molecule has 1 fully saturated rings. The lowest BCUT2D eigenvalue weighted by molar-refractivity contribution is -0.192. The van der Waals surface area contributed by atoms with Gasteiger partial charge in [0.05, 0.1) is 5.76 Å². The summed E-state index contributed by atoms with van der Waals surface area (Å²) in [7, 11) is 1.33. The van der Waals surface area contributed by atoms with Crippen LogP contribution in [0.25, 0.3) is 0 Å². The highest BCUT2D eigenvalue weighted by molar-refractivity contribution is 8.01. The molecule has 0 radical (unpaired) electrons. The first-order valence-electron chi connectivity index (χ1n) is 10.4. The Kier molecular flexibility index (Phi) is 6.87. The predicted octanol–water partition coefficient (Wildman–Crippen LogP) is 3.04. The van der Waals surface area contributed by atoms with Crippen LogP contribution in [0.3, 0.4) is 0 Å². The van der Waals surface area contributed by atoms with Crippen molar-refractivity contribution >= 4 is 41.3 Å². The molecule has 2 amide bonds. The van der Waals surface area contributed by atoms with Crippen molar-refractivity contribution in [3.63, 3.8) is 0 Å². The Balaban J connectivity index is 1.48. The zero-order chi connectivity index (χ0) is 23.6. The van der Waals surface area contributed by atoms with Crippen LogP contribution in [0.5, 0.6) is 0 Å². The van der Waals surface area contributed by atoms with Crippen LogP contribution < -0.4 is 5.32 Å². The molecule has 3 aliphatic rings. The number of aliphatic carboxylic acids is 1. The number of carbonyl (C=O) groups is 3. The van der Waals surface area contributed by atoms with E-state index in [-0.39, 0.29) is 17.9 Å². The highest BCUT2D eigenvalue weighted by Gasteiger charge is 2.66. The van der Waals surface area contributed by atoms with Gasteiger partial charge in [-0.2, -0.15) is 0 Å². The van der Waals surface area contributed by atoms with Gasteiger partial charge in [-0.1, -0.05) is 29.8 Å². The molecule has 1 aromatic rings. The third kappa shape index (κ3) is 4.55. The first kappa shape index (κ1) is 23.5. The largest absolute Gasteiger partial charge is 0.512 e. The molecule has 33 heavy (non-hydrogen) atoms. The van der Waals surface area contributed by atoms with Gasteiger partial charge in [0.15, 0.2) is 0 Å². The number of methoxy groups -OCH3 is 1. The highest BCUT2D eigenvalue weighted by Crippen LogP contribution is 2.47. The molecule has 1 aromatic carbocycles. The van der Waals surface area contributed by atoms with E-state index in [0.29, 0.717) is 29.9 Å². The molecule has 0 saturated carbocycles. The Hall–Kier alpha value is -2.69. The second-order valence-electron chi connectivity index (χ2n) is 7.83. The van der Waals surface area contributed by atoms with Crippen LogP contribution in [-0.4, -0.2) is 62.6 Å². The van der Waals surface area contributed by atoms with Crippen LogP contribution in [0.1, 0.15) is 19.3 Å². The number of β-lactam (4-membered cyclic amide) rings is 1. The van der Waals surface area contributed by atoms with Crippen molar-refractivity contribution in [2.24, 2.45) is 0 Å². The monoisotopic (exact) mass is 488 g/mol. The number of benzene rings is 1. The summed E-state index contributed by atoms with van der Waals surface area (Å²) < 4.78 is 5.49. The minimum Gasteiger partial charge on any atom is -0.512 e. The zero-order valence-corrected chi connectivity index (χ0v) is 19.6. The smallest absolute Gasteiger partial charge is 0.352 e. The van der Waals surface area contributed by atoms with Crippen LogP contribution in [0, 0.1) is 0 Å². The number of thioether (sulfide) groups is 2. The number of allylic oxidation sites excluding steroid dienone is 2. The van der Waals surface area contributed by atoms with Crippen molar-refractivity contribution in [1.82, 2.24) is 10.2 Å². The maximum atomic E-state index is 13.2. The second kappa shape index (κ2) is 9.66. The first-order chi connectivity index (χ1) is 15.9. The Bertz CT molecular complexity index is 1070. The van der Waals surface area contributed by atoms with Gasteiger partial charge in [-0.3, -0.25) is 14.5 Å². The fourth-order valence-corrected chi connectivity index (χ4v) is 6.51. The number of carbonyl (C=O) groups excluding carboxylic acids is 2. The summed E-state index contributed by atoms with van der Waals surface area (Å²) in [5.41, 5.74) is -0.151. The summed E-state index contributed by atoms with van der Waals surface area (Å²) in [5, 5.41) is 21.4. The van der Waals surface area contributed by atoms with Crippen molar-refractivity contribution in [1.29, 1.82) is 0 Å². The average molecular weight is 489 g/mol. The molecule has 1 unspecified atom stereocenters. The quantitative estimate of drug-likeness (QED) is 0.221. The maximum absolute atomic E-state index is 13.2. The van der Waals surface area contributed by atoms with E-state index in [1.165, 1.54) is 35.5 Å². The lowest BCUT2D eigenvalue weighted by Crippen LogP contribution is -2.80. The van der Waals surface area contributed by atoms with E-state index in [9.17, 15) is 24.6 Å². The Labute approximate surface area is 199 Å². The molecule has 1 aliphatic carbocycles. The van der Waals surface area contributed by atoms with Crippen LogP contribution >= 0.6 is 23.5 Å². The molecule has 174 valence electrons. The van der Waals surface area contributed by atoms with Gasteiger partial charge in [-0.15, -0.1) is 23.5 Å². The summed E-state index contributed by atoms with van der Waals surface area (Å²) in [6.07, 6.45) is 4.35. The van der Waals surface area contributed by atoms with Gasteiger partial charge in [-0.05, 0) is 30.2 Å². The molecular weight excluding hydrogens is 464 g/mol. The van der Waals surface area contributed by atoms with E-state index in [1.807, 2.05) is 30.3 Å². The molecule has 2 aliphatic heterocycles. The molecule has 2 heterocycles. The summed E-state index contributed by atoms with van der Waals surface area (Å²) in [4.78, 5) is 40.2. The van der Waals surface area contributed by atoms with Crippen molar-refractivity contribution in [2.75, 3.05) is 18.6 Å². The van der Waals surface area contributed by atoms with Crippen LogP contribution in [-0.2, 0) is 19.1 Å². The predicted molar refractivity (Wildman–Crippen MR) is 125 cm³/mol. The van der Waals surface area contributed by atoms with E-state index in [0.717, 1.165) is 10.5 Å². The molecule has 0 spiro atoms. The first-order valence-corrected chi connectivity index (χ1v) is 12.4. The molecule has 4 rings (SSSR count). The molecule has 0 bridgehead atoms. The summed E-state index contributed by atoms with van der Waals surface area (Å²) in [6, 6.07) is 9.64. The number of ether oxygens (including phenoxy) is 1. The third-order valence-corrected chi connectivity index (χ3v) is 8.18. The second-order valence-corrected chi connectivity index (χ2v) is 9.95. The molecule has 3 N–H and O–H groups in total. The van der Waals surface area contributed by atoms with Gasteiger partial charge in [0.1, 0.15) is 11.1 Å². The van der Waals surface area contributed by atoms with Gasteiger partial charge in [0.2, 0.25) is 5.91 Å². The number of hydrogen-bond donors (Lipinski definition) is 3. The van der Waals surface area contributed by atoms with Gasteiger partial charge in [0, 0.05) is 36.4 Å². The molecule has 0 aromatic heterocycles. The third-order valence-electron chi connectivity index (χ3n) is 5.70. The average Bonchev–Trinajstić information content (AvgIpc) is 2.82. The van der Waals surface area contributed by atoms with E-state index in [2.05, 4.69) is 5.32 Å². The number of nitrogens with zero attached hydrogens (tertiary/aromatic N) is 1. The number of carboxylic acids is 1. The standard InChI is InChI=1S/C23H24N2O6S2/c1-31-23(24-18(27)11-14-7-9-16(26)10-8-14)21(30)25-19(20(28)29)15(13-33-22(23)25)12-32-17-5-3-2-4-6-17/h2-7,10,22,26H,8-9,11-13H2,1H3,(H,24,27)(H,28,29)/t22-,23?/m0/s1. The fourth-order valence-electron chi connectivity index (χ4n) is 4.01. The van der Waals surface area contributed by atoms with Gasteiger partial charge >= 0.3 is 5.97 Å². The van der Waals surface area contributed by atoms with Crippen LogP contribution in [0.2, 0.25) is 0 Å². The Morgan fingerprint density at radius 3 is 2.67 bits per heavy atom. The van der Waals surface area contributed by atoms with E-state index >= 15 is 0 Å². The molecular formula is C23H24N2O6S2. The summed E-state index contributed by atoms with van der Waals surface area (Å²) in [6.45, 7) is 0. The minimum absolute atomic E-state index is 0.0373. The molecule has 8 nitrogen and oxygen atoms in total. The van der Waals surface area contributed by atoms with E-state index in [4.69, 9.17) is 4.74 Å².